The molecule has 0 bridgehead atoms. The highest BCUT2D eigenvalue weighted by Gasteiger charge is 2.27. The predicted molar refractivity (Wildman–Crippen MR) is 98.1 cm³/mol. The summed E-state index contributed by atoms with van der Waals surface area (Å²) in [7, 11) is 0. The molecule has 1 aromatic carbocycles. The lowest BCUT2D eigenvalue weighted by Crippen LogP contribution is -2.50. The maximum absolute atomic E-state index is 13.9. The Morgan fingerprint density at radius 1 is 1.19 bits per heavy atom. The molecule has 26 heavy (non-hydrogen) atoms. The molecule has 2 amide bonds. The molecule has 1 fully saturated rings. The number of nitrogens with zero attached hydrogens (tertiary/aromatic N) is 3. The molecule has 1 aromatic heterocycles. The van der Waals surface area contributed by atoms with Gasteiger partial charge in [0, 0.05) is 43.0 Å². The highest BCUT2D eigenvalue weighted by Crippen LogP contribution is 2.18. The second-order valence-corrected chi connectivity index (χ2v) is 7.25. The minimum Gasteiger partial charge on any atom is -0.335 e. The lowest BCUT2D eigenvalue weighted by Gasteiger charge is -2.34. The zero-order chi connectivity index (χ0) is 18.7. The third-order valence-corrected chi connectivity index (χ3v) is 5.29. The summed E-state index contributed by atoms with van der Waals surface area (Å²) in [5.74, 6) is -1.20. The minimum absolute atomic E-state index is 0.0138. The molecule has 138 valence electrons. The van der Waals surface area contributed by atoms with Gasteiger partial charge in [0.05, 0.1) is 10.6 Å². The molecule has 1 aliphatic rings. The average molecular weight is 397 g/mol. The molecule has 0 spiro atoms. The summed E-state index contributed by atoms with van der Waals surface area (Å²) in [6.07, 6.45) is 0.646. The zero-order valence-corrected chi connectivity index (χ0v) is 15.5. The van der Waals surface area contributed by atoms with Crippen LogP contribution in [0.2, 0.25) is 5.02 Å². The highest BCUT2D eigenvalue weighted by molar-refractivity contribution is 7.09. The monoisotopic (exact) mass is 396 g/mol. The fraction of sp³-hybridized carbons (Fsp3) is 0.353. The fourth-order valence-electron chi connectivity index (χ4n) is 2.76. The summed E-state index contributed by atoms with van der Waals surface area (Å²) in [5.41, 5.74) is 5.89. The number of rotatable bonds is 4. The van der Waals surface area contributed by atoms with E-state index in [-0.39, 0.29) is 16.5 Å². The minimum atomic E-state index is -0.643. The van der Waals surface area contributed by atoms with Crippen molar-refractivity contribution in [3.8, 4) is 0 Å². The topological polar surface area (TPSA) is 79.5 Å². The first-order chi connectivity index (χ1) is 12.5. The Labute approximate surface area is 159 Å². The number of carbonyl (C=O) groups is 2. The van der Waals surface area contributed by atoms with Crippen LogP contribution in [0.15, 0.2) is 23.6 Å². The molecule has 0 radical (unpaired) electrons. The zero-order valence-electron chi connectivity index (χ0n) is 14.0. The average Bonchev–Trinajstić information content (AvgIpc) is 3.10. The molecule has 2 aromatic rings. The van der Waals surface area contributed by atoms with Gasteiger partial charge in [-0.25, -0.2) is 9.37 Å². The highest BCUT2D eigenvalue weighted by atomic mass is 35.5. The van der Waals surface area contributed by atoms with Gasteiger partial charge in [-0.05, 0) is 24.7 Å². The van der Waals surface area contributed by atoms with Crippen molar-refractivity contribution >= 4 is 34.8 Å². The van der Waals surface area contributed by atoms with E-state index in [1.807, 2.05) is 0 Å². The first kappa shape index (κ1) is 18.8. The largest absolute Gasteiger partial charge is 0.335 e. The van der Waals surface area contributed by atoms with Crippen LogP contribution in [0.5, 0.6) is 0 Å². The Bertz CT molecular complexity index is 821. The van der Waals surface area contributed by atoms with E-state index >= 15 is 0 Å². The normalized spacial score (nSPS) is 14.6. The van der Waals surface area contributed by atoms with Crippen molar-refractivity contribution in [3.05, 3.63) is 50.7 Å². The third kappa shape index (κ3) is 4.03. The molecule has 3 rings (SSSR count). The van der Waals surface area contributed by atoms with E-state index in [0.717, 1.165) is 11.1 Å². The van der Waals surface area contributed by atoms with Crippen LogP contribution in [0.4, 0.5) is 4.39 Å². The second-order valence-electron chi connectivity index (χ2n) is 5.87. The standard InChI is InChI=1S/C17H18ClFN4O2S/c18-11-1-2-12(13(19)9-11)16(24)22-5-7-23(8-6-22)17(25)14-10-26-15(21-14)3-4-20/h1-2,9-10H,3-8,20H2. The Morgan fingerprint density at radius 3 is 2.46 bits per heavy atom. The number of hydrogen-bond acceptors (Lipinski definition) is 5. The van der Waals surface area contributed by atoms with Gasteiger partial charge in [-0.15, -0.1) is 11.3 Å². The molecule has 6 nitrogen and oxygen atoms in total. The first-order valence-corrected chi connectivity index (χ1v) is 9.43. The van der Waals surface area contributed by atoms with Crippen molar-refractivity contribution in [3.63, 3.8) is 0 Å². The number of aromatic nitrogens is 1. The van der Waals surface area contributed by atoms with Crippen molar-refractivity contribution in [1.29, 1.82) is 0 Å². The van der Waals surface area contributed by atoms with Gasteiger partial charge in [0.2, 0.25) is 0 Å². The first-order valence-electron chi connectivity index (χ1n) is 8.17. The molecular weight excluding hydrogens is 379 g/mol. The van der Waals surface area contributed by atoms with Crippen LogP contribution in [0.3, 0.4) is 0 Å². The Morgan fingerprint density at radius 2 is 1.85 bits per heavy atom. The summed E-state index contributed by atoms with van der Waals surface area (Å²) < 4.78 is 13.9. The van der Waals surface area contributed by atoms with E-state index < -0.39 is 11.7 Å². The van der Waals surface area contributed by atoms with E-state index in [4.69, 9.17) is 17.3 Å². The van der Waals surface area contributed by atoms with Crippen LogP contribution in [0.25, 0.3) is 0 Å². The van der Waals surface area contributed by atoms with Crippen LogP contribution >= 0.6 is 22.9 Å². The van der Waals surface area contributed by atoms with E-state index in [1.165, 1.54) is 28.4 Å². The molecule has 1 saturated heterocycles. The number of halogens is 2. The Balaban J connectivity index is 1.61. The molecule has 9 heteroatoms. The van der Waals surface area contributed by atoms with Crippen LogP contribution in [0.1, 0.15) is 25.9 Å². The van der Waals surface area contributed by atoms with E-state index in [1.54, 1.807) is 10.3 Å². The predicted octanol–water partition coefficient (Wildman–Crippen LogP) is 2.04. The van der Waals surface area contributed by atoms with Gasteiger partial charge in [-0.3, -0.25) is 9.59 Å². The van der Waals surface area contributed by atoms with Crippen LogP contribution in [0, 0.1) is 5.82 Å². The molecule has 2 N–H and O–H groups in total. The van der Waals surface area contributed by atoms with Gasteiger partial charge in [0.25, 0.3) is 11.8 Å². The number of benzene rings is 1. The van der Waals surface area contributed by atoms with Gasteiger partial charge < -0.3 is 15.5 Å². The van der Waals surface area contributed by atoms with Crippen molar-refractivity contribution < 1.29 is 14.0 Å². The molecule has 1 aliphatic heterocycles. The molecule has 0 saturated carbocycles. The van der Waals surface area contributed by atoms with Crippen molar-refractivity contribution in [1.82, 2.24) is 14.8 Å². The van der Waals surface area contributed by atoms with Gasteiger partial charge in [-0.1, -0.05) is 11.6 Å². The Hall–Kier alpha value is -2.03. The SMILES string of the molecule is NCCc1nc(C(=O)N2CCN(C(=O)c3ccc(Cl)cc3F)CC2)cs1. The van der Waals surface area contributed by atoms with Crippen molar-refractivity contribution in [2.75, 3.05) is 32.7 Å². The van der Waals surface area contributed by atoms with E-state index in [2.05, 4.69) is 4.98 Å². The van der Waals surface area contributed by atoms with E-state index in [9.17, 15) is 14.0 Å². The molecule has 2 heterocycles. The van der Waals surface area contributed by atoms with Crippen molar-refractivity contribution in [2.24, 2.45) is 5.73 Å². The number of carbonyl (C=O) groups excluding carboxylic acids is 2. The summed E-state index contributed by atoms with van der Waals surface area (Å²) in [5, 5.41) is 2.81. The molecular formula is C17H18ClFN4O2S. The number of amides is 2. The second kappa shape index (κ2) is 8.11. The third-order valence-electron chi connectivity index (χ3n) is 4.14. The van der Waals surface area contributed by atoms with Gasteiger partial charge in [-0.2, -0.15) is 0 Å². The lowest BCUT2D eigenvalue weighted by molar-refractivity contribution is 0.0530. The quantitative estimate of drug-likeness (QED) is 0.857. The van der Waals surface area contributed by atoms with Crippen molar-refractivity contribution in [2.45, 2.75) is 6.42 Å². The summed E-state index contributed by atoms with van der Waals surface area (Å²) in [4.78, 5) is 32.5. The summed E-state index contributed by atoms with van der Waals surface area (Å²) >= 11 is 7.14. The molecule has 0 unspecified atom stereocenters. The number of nitrogens with two attached hydrogens (primary N) is 1. The Kier molecular flexibility index (Phi) is 5.85. The molecule has 0 aliphatic carbocycles. The smallest absolute Gasteiger partial charge is 0.273 e. The van der Waals surface area contributed by atoms with Gasteiger partial charge in [0.15, 0.2) is 0 Å². The maximum atomic E-state index is 13.9. The number of thiazole rings is 1. The van der Waals surface area contributed by atoms with Crippen LogP contribution < -0.4 is 5.73 Å². The maximum Gasteiger partial charge on any atom is 0.273 e. The number of hydrogen-bond donors (Lipinski definition) is 1. The van der Waals surface area contributed by atoms with Crippen LogP contribution in [-0.4, -0.2) is 59.3 Å². The number of piperazine rings is 1. The molecule has 0 atom stereocenters. The van der Waals surface area contributed by atoms with E-state index in [0.29, 0.717) is 44.8 Å². The van der Waals surface area contributed by atoms with Gasteiger partial charge >= 0.3 is 0 Å². The fourth-order valence-corrected chi connectivity index (χ4v) is 3.70. The van der Waals surface area contributed by atoms with Crippen LogP contribution in [-0.2, 0) is 6.42 Å². The van der Waals surface area contributed by atoms with Gasteiger partial charge in [0.1, 0.15) is 11.5 Å². The lowest BCUT2D eigenvalue weighted by atomic mass is 10.1. The summed E-state index contributed by atoms with van der Waals surface area (Å²) in [6.45, 7) is 1.93. The summed E-state index contributed by atoms with van der Waals surface area (Å²) in [6, 6.07) is 3.99.